The van der Waals surface area contributed by atoms with Crippen LogP contribution >= 0.6 is 0 Å². The number of nitrogens with zero attached hydrogens (tertiary/aromatic N) is 2. The number of hydrogen-bond donors (Lipinski definition) is 2. The first-order valence-corrected chi connectivity index (χ1v) is 10.6. The first kappa shape index (κ1) is 20.4. The number of carbonyl (C=O) groups excluding carboxylic acids is 2. The molecule has 0 unspecified atom stereocenters. The first-order chi connectivity index (χ1) is 13.7. The average Bonchev–Trinajstić information content (AvgIpc) is 2.97. The third kappa shape index (κ3) is 5.84. The van der Waals surface area contributed by atoms with Crippen LogP contribution in [0.4, 0.5) is 10.5 Å². The minimum Gasteiger partial charge on any atom is -0.450 e. The normalized spacial score (nSPS) is 19.0. The summed E-state index contributed by atoms with van der Waals surface area (Å²) < 4.78 is 5.03. The fourth-order valence-corrected chi connectivity index (χ4v) is 3.99. The topological polar surface area (TPSA) is 83.6 Å². The number of piperidine rings is 1. The van der Waals surface area contributed by atoms with E-state index < -0.39 is 0 Å². The number of likely N-dealkylation sites (tertiary alicyclic amines) is 1. The Hall–Kier alpha value is -2.31. The van der Waals surface area contributed by atoms with E-state index >= 15 is 0 Å². The van der Waals surface area contributed by atoms with E-state index in [9.17, 15) is 9.59 Å². The number of rotatable bonds is 5. The van der Waals surface area contributed by atoms with Crippen LogP contribution in [0.25, 0.3) is 0 Å². The van der Waals surface area contributed by atoms with E-state index in [1.807, 2.05) is 6.07 Å². The molecule has 2 heterocycles. The summed E-state index contributed by atoms with van der Waals surface area (Å²) in [5, 5.41) is 6.63. The van der Waals surface area contributed by atoms with Crippen molar-refractivity contribution in [2.45, 2.75) is 70.4 Å². The standard InChI is InChI=1S/C21H32N4O3/c1-2-28-21(27)25-11-9-18(10-12-25)24-20(26)16-13-19(15-22-14-16)23-17-7-5-3-4-6-8-17/h13-15,17-18,23H,2-12H2,1H3,(H,24,26). The number of ether oxygens (including phenoxy) is 1. The molecule has 2 aliphatic rings. The maximum Gasteiger partial charge on any atom is 0.409 e. The monoisotopic (exact) mass is 388 g/mol. The predicted octanol–water partition coefficient (Wildman–Crippen LogP) is 3.57. The van der Waals surface area contributed by atoms with Gasteiger partial charge in [-0.2, -0.15) is 0 Å². The Morgan fingerprint density at radius 1 is 1.07 bits per heavy atom. The largest absolute Gasteiger partial charge is 0.450 e. The van der Waals surface area contributed by atoms with Crippen LogP contribution < -0.4 is 10.6 Å². The van der Waals surface area contributed by atoms with Gasteiger partial charge in [0.15, 0.2) is 0 Å². The van der Waals surface area contributed by atoms with Gasteiger partial charge in [-0.1, -0.05) is 25.7 Å². The highest BCUT2D eigenvalue weighted by Gasteiger charge is 2.25. The van der Waals surface area contributed by atoms with Crippen molar-refractivity contribution in [3.05, 3.63) is 24.0 Å². The van der Waals surface area contributed by atoms with Crippen LogP contribution in [0.15, 0.2) is 18.5 Å². The Bertz CT molecular complexity index is 651. The molecule has 2 fully saturated rings. The fourth-order valence-electron chi connectivity index (χ4n) is 3.99. The van der Waals surface area contributed by atoms with Crippen molar-refractivity contribution < 1.29 is 14.3 Å². The minimum atomic E-state index is -0.270. The Balaban J connectivity index is 1.50. The molecule has 0 spiro atoms. The number of pyridine rings is 1. The lowest BCUT2D eigenvalue weighted by molar-refractivity contribution is 0.0860. The number of hydrogen-bond acceptors (Lipinski definition) is 5. The molecule has 1 saturated carbocycles. The zero-order valence-electron chi connectivity index (χ0n) is 16.8. The van der Waals surface area contributed by atoms with Gasteiger partial charge in [0.25, 0.3) is 5.91 Å². The quantitative estimate of drug-likeness (QED) is 0.754. The molecular formula is C21H32N4O3. The zero-order valence-corrected chi connectivity index (χ0v) is 16.8. The van der Waals surface area contributed by atoms with Crippen molar-refractivity contribution in [1.29, 1.82) is 0 Å². The van der Waals surface area contributed by atoms with Gasteiger partial charge in [0, 0.05) is 37.6 Å². The fraction of sp³-hybridized carbons (Fsp3) is 0.667. The van der Waals surface area contributed by atoms with Crippen LogP contribution in [-0.2, 0) is 4.74 Å². The molecule has 0 atom stereocenters. The molecule has 1 aliphatic carbocycles. The van der Waals surface area contributed by atoms with Crippen LogP contribution in [0.5, 0.6) is 0 Å². The SMILES string of the molecule is CCOC(=O)N1CCC(NC(=O)c2cncc(NC3CCCCCC3)c2)CC1. The third-order valence-corrected chi connectivity index (χ3v) is 5.58. The first-order valence-electron chi connectivity index (χ1n) is 10.6. The second kappa shape index (κ2) is 10.3. The van der Waals surface area contributed by atoms with E-state index in [2.05, 4.69) is 15.6 Å². The molecule has 0 bridgehead atoms. The molecule has 0 aromatic carbocycles. The van der Waals surface area contributed by atoms with E-state index in [0.717, 1.165) is 18.5 Å². The summed E-state index contributed by atoms with van der Waals surface area (Å²) in [5.74, 6) is -0.105. The summed E-state index contributed by atoms with van der Waals surface area (Å²) in [6, 6.07) is 2.42. The van der Waals surface area contributed by atoms with Gasteiger partial charge in [0.05, 0.1) is 17.9 Å². The van der Waals surface area contributed by atoms with E-state index in [1.54, 1.807) is 24.2 Å². The van der Waals surface area contributed by atoms with Gasteiger partial charge in [-0.25, -0.2) is 4.79 Å². The second-order valence-corrected chi connectivity index (χ2v) is 7.73. The number of carbonyl (C=O) groups is 2. The second-order valence-electron chi connectivity index (χ2n) is 7.73. The smallest absolute Gasteiger partial charge is 0.409 e. The van der Waals surface area contributed by atoms with E-state index in [0.29, 0.717) is 31.3 Å². The lowest BCUT2D eigenvalue weighted by Gasteiger charge is -2.31. The van der Waals surface area contributed by atoms with Crippen molar-refractivity contribution in [2.75, 3.05) is 25.0 Å². The molecule has 1 aromatic rings. The molecule has 3 rings (SSSR count). The Labute approximate surface area is 167 Å². The van der Waals surface area contributed by atoms with Gasteiger partial charge in [0.2, 0.25) is 0 Å². The van der Waals surface area contributed by atoms with Crippen molar-refractivity contribution in [2.24, 2.45) is 0 Å². The van der Waals surface area contributed by atoms with Crippen LogP contribution in [0.2, 0.25) is 0 Å². The van der Waals surface area contributed by atoms with Gasteiger partial charge in [0.1, 0.15) is 0 Å². The van der Waals surface area contributed by atoms with Gasteiger partial charge in [-0.3, -0.25) is 9.78 Å². The van der Waals surface area contributed by atoms with E-state index in [-0.39, 0.29) is 18.0 Å². The molecule has 1 aromatic heterocycles. The summed E-state index contributed by atoms with van der Waals surface area (Å²) in [4.78, 5) is 30.4. The molecule has 1 saturated heterocycles. The van der Waals surface area contributed by atoms with Crippen molar-refractivity contribution >= 4 is 17.7 Å². The molecule has 1 aliphatic heterocycles. The summed E-state index contributed by atoms with van der Waals surface area (Å²) in [7, 11) is 0. The summed E-state index contributed by atoms with van der Waals surface area (Å²) in [6.07, 6.45) is 12.1. The summed E-state index contributed by atoms with van der Waals surface area (Å²) >= 11 is 0. The minimum absolute atomic E-state index is 0.0663. The van der Waals surface area contributed by atoms with Crippen LogP contribution in [0, 0.1) is 0 Å². The van der Waals surface area contributed by atoms with Gasteiger partial charge in [-0.15, -0.1) is 0 Å². The molecule has 7 nitrogen and oxygen atoms in total. The lowest BCUT2D eigenvalue weighted by Crippen LogP contribution is -2.46. The summed E-state index contributed by atoms with van der Waals surface area (Å²) in [5.41, 5.74) is 1.49. The maximum atomic E-state index is 12.6. The number of anilines is 1. The highest BCUT2D eigenvalue weighted by Crippen LogP contribution is 2.21. The lowest BCUT2D eigenvalue weighted by atomic mass is 10.0. The third-order valence-electron chi connectivity index (χ3n) is 5.58. The number of aromatic nitrogens is 1. The maximum absolute atomic E-state index is 12.6. The predicted molar refractivity (Wildman–Crippen MR) is 108 cm³/mol. The van der Waals surface area contributed by atoms with Crippen molar-refractivity contribution in [3.8, 4) is 0 Å². The number of amides is 2. The highest BCUT2D eigenvalue weighted by atomic mass is 16.6. The van der Waals surface area contributed by atoms with Crippen LogP contribution in [0.1, 0.15) is 68.6 Å². The Morgan fingerprint density at radius 3 is 2.46 bits per heavy atom. The average molecular weight is 389 g/mol. The van der Waals surface area contributed by atoms with Crippen LogP contribution in [-0.4, -0.2) is 53.7 Å². The van der Waals surface area contributed by atoms with Gasteiger partial charge in [-0.05, 0) is 38.7 Å². The number of nitrogens with one attached hydrogen (secondary N) is 2. The molecule has 28 heavy (non-hydrogen) atoms. The van der Waals surface area contributed by atoms with Crippen molar-refractivity contribution in [3.63, 3.8) is 0 Å². The van der Waals surface area contributed by atoms with E-state index in [1.165, 1.54) is 38.5 Å². The molecule has 2 amide bonds. The molecule has 154 valence electrons. The zero-order chi connectivity index (χ0) is 19.8. The van der Waals surface area contributed by atoms with Crippen LogP contribution in [0.3, 0.4) is 0 Å². The van der Waals surface area contributed by atoms with E-state index in [4.69, 9.17) is 4.74 Å². The molecule has 2 N–H and O–H groups in total. The Kier molecular flexibility index (Phi) is 7.51. The molecular weight excluding hydrogens is 356 g/mol. The Morgan fingerprint density at radius 2 is 1.79 bits per heavy atom. The molecule has 7 heteroatoms. The highest BCUT2D eigenvalue weighted by molar-refractivity contribution is 5.94. The van der Waals surface area contributed by atoms with Gasteiger partial charge >= 0.3 is 6.09 Å². The van der Waals surface area contributed by atoms with Crippen molar-refractivity contribution in [1.82, 2.24) is 15.2 Å². The summed E-state index contributed by atoms with van der Waals surface area (Å²) in [6.45, 7) is 3.39. The van der Waals surface area contributed by atoms with Gasteiger partial charge < -0.3 is 20.3 Å². The molecule has 0 radical (unpaired) electrons.